The first-order valence-corrected chi connectivity index (χ1v) is 3.67. The molecular weight excluding hydrogens is 176 g/mol. The van der Waals surface area contributed by atoms with Gasteiger partial charge in [-0.05, 0) is 6.92 Å². The molecule has 0 aliphatic rings. The molecule has 1 atom stereocenters. The van der Waals surface area contributed by atoms with Crippen molar-refractivity contribution in [2.24, 2.45) is 0 Å². The van der Waals surface area contributed by atoms with Gasteiger partial charge in [-0.3, -0.25) is 14.4 Å². The second-order valence-electron chi connectivity index (χ2n) is 2.89. The lowest BCUT2D eigenvalue weighted by Gasteiger charge is -2.17. The molecule has 0 spiro atoms. The molecule has 5 heteroatoms. The van der Waals surface area contributed by atoms with Crippen LogP contribution in [0.5, 0.6) is 0 Å². The third-order valence-corrected chi connectivity index (χ3v) is 1.55. The molecule has 0 fully saturated rings. The van der Waals surface area contributed by atoms with Crippen molar-refractivity contribution in [2.45, 2.75) is 25.4 Å². The maximum absolute atomic E-state index is 11.1. The van der Waals surface area contributed by atoms with E-state index in [2.05, 4.69) is 0 Å². The summed E-state index contributed by atoms with van der Waals surface area (Å²) in [5.74, 6) is -1.47. The lowest BCUT2D eigenvalue weighted by atomic mass is 9.94. The molecule has 0 aliphatic heterocycles. The van der Waals surface area contributed by atoms with Crippen LogP contribution in [-0.4, -0.2) is 40.3 Å². The Morgan fingerprint density at radius 3 is 2.38 bits per heavy atom. The van der Waals surface area contributed by atoms with E-state index >= 15 is 0 Å². The highest BCUT2D eigenvalue weighted by Gasteiger charge is 2.30. The summed E-state index contributed by atoms with van der Waals surface area (Å²) in [6.45, 7) is 0.386. The Balaban J connectivity index is 4.24. The number of aliphatic hydroxyl groups excluding tert-OH is 1. The van der Waals surface area contributed by atoms with E-state index in [4.69, 9.17) is 5.11 Å². The Hall–Kier alpha value is -1.07. The normalized spacial score (nSPS) is 14.7. The Morgan fingerprint density at radius 1 is 1.46 bits per heavy atom. The lowest BCUT2D eigenvalue weighted by molar-refractivity contribution is -0.139. The summed E-state index contributed by atoms with van der Waals surface area (Å²) in [5.41, 5.74) is -1.85. The number of aliphatic hydroxyl groups is 2. The topological polar surface area (TPSA) is 91.7 Å². The minimum absolute atomic E-state index is 0.468. The van der Waals surface area contributed by atoms with Crippen LogP contribution < -0.4 is 0 Å². The summed E-state index contributed by atoms with van der Waals surface area (Å²) < 4.78 is 0. The number of rotatable bonds is 6. The fourth-order valence-corrected chi connectivity index (χ4v) is 0.665. The number of hydrogen-bond donors (Lipinski definition) is 2. The van der Waals surface area contributed by atoms with Gasteiger partial charge in [0.05, 0.1) is 6.42 Å². The molecule has 0 aliphatic carbocycles. The molecule has 2 N–H and O–H groups in total. The van der Waals surface area contributed by atoms with E-state index in [1.54, 1.807) is 0 Å². The van der Waals surface area contributed by atoms with Gasteiger partial charge in [-0.25, -0.2) is 0 Å². The molecule has 5 nitrogen and oxygen atoms in total. The Kier molecular flexibility index (Phi) is 4.44. The van der Waals surface area contributed by atoms with Gasteiger partial charge in [0.2, 0.25) is 6.29 Å². The van der Waals surface area contributed by atoms with Crippen LogP contribution in [0.1, 0.15) is 19.8 Å². The molecule has 0 bridgehead atoms. The predicted molar refractivity (Wildman–Crippen MR) is 42.7 cm³/mol. The third kappa shape index (κ3) is 3.91. The SMILES string of the molecule is CC(O)(C[C]=O)C(=O)CC(=O)CO. The summed E-state index contributed by atoms with van der Waals surface area (Å²) in [7, 11) is 0. The summed E-state index contributed by atoms with van der Waals surface area (Å²) in [6, 6.07) is 0. The Bertz CT molecular complexity index is 219. The highest BCUT2D eigenvalue weighted by atomic mass is 16.3. The Morgan fingerprint density at radius 2 is 2.00 bits per heavy atom. The number of carbonyl (C=O) groups excluding carboxylic acids is 3. The van der Waals surface area contributed by atoms with Crippen molar-refractivity contribution < 1.29 is 24.6 Å². The van der Waals surface area contributed by atoms with Gasteiger partial charge in [0.1, 0.15) is 12.2 Å². The smallest absolute Gasteiger partial charge is 0.201 e. The van der Waals surface area contributed by atoms with E-state index in [1.807, 2.05) is 0 Å². The van der Waals surface area contributed by atoms with Crippen molar-refractivity contribution in [1.29, 1.82) is 0 Å². The van der Waals surface area contributed by atoms with Crippen LogP contribution in [0.25, 0.3) is 0 Å². The highest BCUT2D eigenvalue weighted by molar-refractivity contribution is 6.03. The number of hydrogen-bond acceptors (Lipinski definition) is 5. The van der Waals surface area contributed by atoms with Crippen LogP contribution in [0.15, 0.2) is 0 Å². The molecule has 13 heavy (non-hydrogen) atoms. The quantitative estimate of drug-likeness (QED) is 0.507. The molecule has 73 valence electrons. The second kappa shape index (κ2) is 4.84. The second-order valence-corrected chi connectivity index (χ2v) is 2.89. The van der Waals surface area contributed by atoms with Crippen LogP contribution in [0.2, 0.25) is 0 Å². The molecule has 0 aromatic rings. The predicted octanol–water partition coefficient (Wildman–Crippen LogP) is -1.24. The van der Waals surface area contributed by atoms with Gasteiger partial charge in [0.25, 0.3) is 0 Å². The van der Waals surface area contributed by atoms with Gasteiger partial charge in [-0.2, -0.15) is 0 Å². The van der Waals surface area contributed by atoms with Crippen molar-refractivity contribution >= 4 is 17.9 Å². The van der Waals surface area contributed by atoms with Crippen molar-refractivity contribution in [3.8, 4) is 0 Å². The number of Topliss-reactive ketones (excluding diaryl/α,β-unsaturated/α-hetero) is 2. The summed E-state index contributed by atoms with van der Waals surface area (Å²) in [4.78, 5) is 31.6. The van der Waals surface area contributed by atoms with Gasteiger partial charge in [-0.15, -0.1) is 0 Å². The van der Waals surface area contributed by atoms with Crippen LogP contribution in [0.4, 0.5) is 0 Å². The molecule has 0 saturated carbocycles. The number of ketones is 2. The van der Waals surface area contributed by atoms with Gasteiger partial charge in [0.15, 0.2) is 11.6 Å². The average molecular weight is 187 g/mol. The lowest BCUT2D eigenvalue weighted by Crippen LogP contribution is -2.37. The van der Waals surface area contributed by atoms with Crippen molar-refractivity contribution in [3.63, 3.8) is 0 Å². The van der Waals surface area contributed by atoms with E-state index in [0.717, 1.165) is 6.92 Å². The third-order valence-electron chi connectivity index (χ3n) is 1.55. The molecule has 0 amide bonds. The first-order chi connectivity index (χ1) is 5.94. The first kappa shape index (κ1) is 11.9. The van der Waals surface area contributed by atoms with E-state index in [1.165, 1.54) is 6.29 Å². The molecule has 0 aromatic carbocycles. The van der Waals surface area contributed by atoms with Gasteiger partial charge >= 0.3 is 0 Å². The van der Waals surface area contributed by atoms with Crippen LogP contribution >= 0.6 is 0 Å². The fourth-order valence-electron chi connectivity index (χ4n) is 0.665. The zero-order valence-corrected chi connectivity index (χ0v) is 7.24. The Labute approximate surface area is 75.4 Å². The van der Waals surface area contributed by atoms with Crippen molar-refractivity contribution in [2.75, 3.05) is 6.61 Å². The molecule has 0 aromatic heterocycles. The largest absolute Gasteiger partial charge is 0.389 e. The van der Waals surface area contributed by atoms with E-state index < -0.39 is 36.6 Å². The first-order valence-electron chi connectivity index (χ1n) is 3.67. The van der Waals surface area contributed by atoms with Gasteiger partial charge < -0.3 is 10.2 Å². The zero-order valence-electron chi connectivity index (χ0n) is 7.24. The summed E-state index contributed by atoms with van der Waals surface area (Å²) in [6.07, 6.45) is 0.353. The zero-order chi connectivity index (χ0) is 10.5. The van der Waals surface area contributed by atoms with Crippen molar-refractivity contribution in [3.05, 3.63) is 0 Å². The van der Waals surface area contributed by atoms with Gasteiger partial charge in [-0.1, -0.05) is 0 Å². The molecule has 0 rings (SSSR count). The summed E-state index contributed by atoms with van der Waals surface area (Å²) >= 11 is 0. The number of carbonyl (C=O) groups is 2. The summed E-state index contributed by atoms with van der Waals surface area (Å²) in [5, 5.41) is 17.6. The van der Waals surface area contributed by atoms with Crippen LogP contribution in [-0.2, 0) is 14.4 Å². The molecule has 1 radical (unpaired) electrons. The molecular formula is C8H11O5. The monoisotopic (exact) mass is 187 g/mol. The van der Waals surface area contributed by atoms with Gasteiger partial charge in [0, 0.05) is 6.42 Å². The maximum atomic E-state index is 11.1. The minimum atomic E-state index is -1.85. The maximum Gasteiger partial charge on any atom is 0.201 e. The van der Waals surface area contributed by atoms with Crippen LogP contribution in [0.3, 0.4) is 0 Å². The standard InChI is InChI=1S/C8H11O5/c1-8(13,2-3-9)7(12)4-6(11)5-10/h10,13H,2,4-5H2,1H3. The average Bonchev–Trinajstić information content (AvgIpc) is 2.04. The van der Waals surface area contributed by atoms with E-state index in [9.17, 15) is 19.5 Å². The molecule has 1 unspecified atom stereocenters. The molecule has 0 heterocycles. The molecule has 0 saturated heterocycles. The van der Waals surface area contributed by atoms with Crippen molar-refractivity contribution in [1.82, 2.24) is 0 Å². The minimum Gasteiger partial charge on any atom is -0.389 e. The van der Waals surface area contributed by atoms with E-state index in [-0.39, 0.29) is 0 Å². The van der Waals surface area contributed by atoms with E-state index in [0.29, 0.717) is 0 Å². The van der Waals surface area contributed by atoms with Crippen LogP contribution in [0, 0.1) is 0 Å². The highest BCUT2D eigenvalue weighted by Crippen LogP contribution is 2.11. The fraction of sp³-hybridized carbons (Fsp3) is 0.625.